The molecule has 2 amide bonds. The number of hydrogen-bond donors (Lipinski definition) is 3. The second-order valence-corrected chi connectivity index (χ2v) is 39.0. The van der Waals surface area contributed by atoms with E-state index in [1.54, 1.807) is 13.8 Å². The smallest absolute Gasteiger partial charge is 0.481 e. The van der Waals surface area contributed by atoms with Crippen molar-refractivity contribution in [3.63, 3.8) is 0 Å². The number of methoxy groups -OCH3 is 2. The molecule has 2 aromatic heterocycles. The first-order valence-electron chi connectivity index (χ1n) is 41.0. The molecule has 0 spiro atoms. The second kappa shape index (κ2) is 32.9. The number of hydrogen-bond acceptors (Lipinski definition) is 20. The molecule has 14 rings (SSSR count). The van der Waals surface area contributed by atoms with Crippen molar-refractivity contribution in [2.24, 2.45) is 100 Å². The van der Waals surface area contributed by atoms with Gasteiger partial charge in [-0.2, -0.15) is 13.2 Å². The number of benzene rings is 2. The van der Waals surface area contributed by atoms with Gasteiger partial charge in [-0.1, -0.05) is 127 Å². The molecule has 0 aliphatic heterocycles. The zero-order chi connectivity index (χ0) is 86.9. The van der Waals surface area contributed by atoms with Gasteiger partial charge in [-0.15, -0.1) is 23.2 Å². The predicted octanol–water partition coefficient (Wildman–Crippen LogP) is 18.1. The quantitative estimate of drug-likeness (QED) is 0.0484. The van der Waals surface area contributed by atoms with Gasteiger partial charge >= 0.3 is 53.9 Å². The lowest BCUT2D eigenvalue weighted by Crippen LogP contribution is -2.69. The van der Waals surface area contributed by atoms with Crippen molar-refractivity contribution >= 4 is 77.1 Å². The first kappa shape index (κ1) is 90.5. The van der Waals surface area contributed by atoms with Crippen molar-refractivity contribution in [3.8, 4) is 0 Å². The first-order chi connectivity index (χ1) is 55.1. The highest BCUT2D eigenvalue weighted by Crippen LogP contribution is 2.78. The molecule has 0 saturated heterocycles. The van der Waals surface area contributed by atoms with Gasteiger partial charge in [-0.3, -0.25) is 33.6 Å². The van der Waals surface area contributed by atoms with Gasteiger partial charge in [0.1, 0.15) is 0 Å². The Bertz CT molecular complexity index is 4670. The van der Waals surface area contributed by atoms with Crippen molar-refractivity contribution < 1.29 is 103 Å². The number of fused-ring (bicyclic) bond motifs is 14. The molecule has 0 bridgehead atoms. The number of ketones is 2. The molecule has 10 aliphatic rings. The Kier molecular flexibility index (Phi) is 25.3. The number of carbonyl (C=O) groups is 9. The predicted molar refractivity (Wildman–Crippen MR) is 427 cm³/mol. The average Bonchev–Trinajstić information content (AvgIpc) is 0.751. The topological polar surface area (TPSA) is 331 Å². The minimum absolute atomic E-state index is 0.00312. The van der Waals surface area contributed by atoms with Crippen molar-refractivity contribution in [3.05, 3.63) is 139 Å². The summed E-state index contributed by atoms with van der Waals surface area (Å²) >= 11 is 9.53. The number of aldehydes is 1. The van der Waals surface area contributed by atoms with Crippen LogP contribution in [0.1, 0.15) is 239 Å². The largest absolute Gasteiger partial charge is 0.519 e. The number of rotatable bonds is 13. The van der Waals surface area contributed by atoms with Crippen LogP contribution in [-0.2, 0) is 70.5 Å². The van der Waals surface area contributed by atoms with Gasteiger partial charge in [0.15, 0.2) is 53.9 Å². The Morgan fingerprint density at radius 3 is 1.22 bits per heavy atom. The van der Waals surface area contributed by atoms with Crippen LogP contribution in [0.3, 0.4) is 0 Å². The van der Waals surface area contributed by atoms with Crippen LogP contribution in [0.25, 0.3) is 0 Å². The standard InChI is InChI=1S/C50H61NO10.C37H51NO10.C2HF3O.CH2Cl2/c1-30-36(60-44(56)59-30)29-58-42(54)50(7)37-19-22-49(6)40(47(37,4)21-20-38(50)51-43(55)57-8)35(52)27-33-34-28-46(3,24-23-45(34,2)25-26-48(33,49)5)41(53)61-39(31-15-11-9-12-16-31)32-17-13-10-14-18-32;1-20-24(48-31(44)47-20)19-46-29(42)37(7)25-9-12-36(6)27(34(25,4)11-10-26(37)38-30(43)45-8)23(39)17-21-22-18-33(3,28(40)41)14-13-32(22,2)15-16-35(21,36)5;3-2(4,5)1-6;2-1-3/h9-18,27,34,37-40H,19-26,28-29H2,1-8H3,(H,51,55);17,22,25-27H,9-16,18-19H2,1-8H3,(H,38,43)(H,40,41);1H;1H2/t34-,37+,38-,40+,45+,46-,47-,48+,49+,50-;22-,25+,26-,27+,32+,33-,34-,35+,36+,37-;;/m00../s1. The van der Waals surface area contributed by atoms with Gasteiger partial charge in [-0.25, -0.2) is 19.2 Å². The highest BCUT2D eigenvalue weighted by molar-refractivity contribution is 6.40. The van der Waals surface area contributed by atoms with E-state index < -0.39 is 128 Å². The minimum atomic E-state index is -4.64. The third kappa shape index (κ3) is 15.6. The third-order valence-corrected chi connectivity index (χ3v) is 32.3. The Balaban J connectivity index is 0.000000215. The molecule has 23 nitrogen and oxygen atoms in total. The fourth-order valence-electron chi connectivity index (χ4n) is 25.0. The van der Waals surface area contributed by atoms with Crippen LogP contribution in [-0.4, -0.2) is 96.8 Å². The second-order valence-electron chi connectivity index (χ2n) is 38.2. The maximum atomic E-state index is 15.2. The van der Waals surface area contributed by atoms with Crippen LogP contribution in [0.4, 0.5) is 22.8 Å². The number of halogens is 5. The molecule has 8 fully saturated rings. The van der Waals surface area contributed by atoms with Gasteiger partial charge < -0.3 is 57.1 Å². The SMILES string of the molecule is COC(=O)N[C@H]1CC[C@@]2(C)[C@@H](CC[C@]3(C)[C@@H]2C(=O)C=C2[C@@H]4C[C@@](C)(C(=O)O)CC[C@]4(C)CC[C@]23C)[C@]1(C)C(=O)OCc1oc(=O)oc1C.COC(=O)N[C@H]1CC[C@@]2(C)[C@@H](CC[C@]3(C)[C@@H]2C(=O)C=C2[C@@H]4C[C@@](C)(C(=O)OC(c5ccccc5)c5ccccc5)CC[C@]4(C)CC[C@]23C)[C@]1(C)C(=O)OCc1oc(=O)oc1C.ClCCl.O=CC(F)(F)F. The Hall–Kier alpha value is -8.26. The zero-order valence-electron chi connectivity index (χ0n) is 70.6. The van der Waals surface area contributed by atoms with Gasteiger partial charge in [0.05, 0.1) is 41.2 Å². The summed E-state index contributed by atoms with van der Waals surface area (Å²) in [5.74, 6) is -4.52. The number of alkyl halides is 5. The number of esters is 3. The molecule has 2 heterocycles. The number of alkyl carbamates (subject to hydrolysis) is 2. The summed E-state index contributed by atoms with van der Waals surface area (Å²) < 4.78 is 79.7. The highest BCUT2D eigenvalue weighted by Gasteiger charge is 2.75. The van der Waals surface area contributed by atoms with Crippen LogP contribution >= 0.6 is 23.2 Å². The average molecular weight is 1690 g/mol. The lowest BCUT2D eigenvalue weighted by Gasteiger charge is -2.70. The molecule has 4 aromatic rings. The Morgan fingerprint density at radius 1 is 0.525 bits per heavy atom. The summed E-state index contributed by atoms with van der Waals surface area (Å²) in [7, 11) is 2.57. The summed E-state index contributed by atoms with van der Waals surface area (Å²) in [6.45, 7) is 28.2. The van der Waals surface area contributed by atoms with Gasteiger partial charge in [0.2, 0.25) is 6.29 Å². The van der Waals surface area contributed by atoms with E-state index in [4.69, 9.17) is 69.3 Å². The molecule has 2 aromatic carbocycles. The van der Waals surface area contributed by atoms with Crippen molar-refractivity contribution in [1.29, 1.82) is 0 Å². The maximum absolute atomic E-state index is 15.2. The third-order valence-electron chi connectivity index (χ3n) is 32.3. The molecule has 3 N–H and O–H groups in total. The number of aliphatic carboxylic acids is 1. The molecule has 8 saturated carbocycles. The molecule has 20 atom stereocenters. The number of ether oxygens (including phenoxy) is 5. The molecule has 0 unspecified atom stereocenters. The molecular weight excluding hydrogens is 1570 g/mol. The van der Waals surface area contributed by atoms with Crippen LogP contribution in [0.2, 0.25) is 0 Å². The van der Waals surface area contributed by atoms with Crippen molar-refractivity contribution in [2.45, 2.75) is 250 Å². The maximum Gasteiger partial charge on any atom is 0.519 e. The molecule has 28 heteroatoms. The summed E-state index contributed by atoms with van der Waals surface area (Å²) in [5.41, 5.74) is -2.91. The van der Waals surface area contributed by atoms with Crippen LogP contribution in [0.5, 0.6) is 0 Å². The van der Waals surface area contributed by atoms with Crippen LogP contribution in [0.15, 0.2) is 111 Å². The Labute approximate surface area is 696 Å². The normalized spacial score (nSPS) is 37.3. The first-order valence-corrected chi connectivity index (χ1v) is 42.1. The number of aryl methyl sites for hydroxylation is 2. The fraction of sp³-hybridized carbons (Fsp3) is 0.656. The minimum Gasteiger partial charge on any atom is -0.481 e. The van der Waals surface area contributed by atoms with Crippen molar-refractivity contribution in [1.82, 2.24) is 10.6 Å². The lowest BCUT2D eigenvalue weighted by molar-refractivity contribution is -0.205. The molecule has 646 valence electrons. The number of amides is 2. The molecule has 0 radical (unpaired) electrons. The molecular formula is C90H115Cl2F3N2O21. The van der Waals surface area contributed by atoms with Gasteiger partial charge in [0.25, 0.3) is 0 Å². The van der Waals surface area contributed by atoms with Crippen molar-refractivity contribution in [2.75, 3.05) is 19.6 Å². The van der Waals surface area contributed by atoms with Gasteiger partial charge in [0, 0.05) is 23.9 Å². The number of nitrogens with one attached hydrogen (secondary N) is 2. The lowest BCUT2D eigenvalue weighted by atomic mass is 9.33. The summed E-state index contributed by atoms with van der Waals surface area (Å²) in [6.07, 6.45) is 8.85. The number of allylic oxidation sites excluding steroid dienone is 4. The van der Waals surface area contributed by atoms with E-state index in [9.17, 15) is 61.4 Å². The monoisotopic (exact) mass is 1690 g/mol. The number of carbonyl (C=O) groups excluding carboxylic acids is 8. The molecule has 10 aliphatic carbocycles. The van der Waals surface area contributed by atoms with E-state index >= 15 is 4.79 Å². The van der Waals surface area contributed by atoms with E-state index in [1.807, 2.05) is 93.6 Å². The number of carboxylic acids is 1. The highest BCUT2D eigenvalue weighted by atomic mass is 35.5. The summed E-state index contributed by atoms with van der Waals surface area (Å²) in [6, 6.07) is 18.5. The Morgan fingerprint density at radius 2 is 0.881 bits per heavy atom. The van der Waals surface area contributed by atoms with Crippen LogP contribution in [0, 0.1) is 114 Å². The van der Waals surface area contributed by atoms with Gasteiger partial charge in [-0.05, 0) is 247 Å². The van der Waals surface area contributed by atoms with E-state index in [0.717, 1.165) is 60.8 Å². The zero-order valence-corrected chi connectivity index (χ0v) is 72.1. The van der Waals surface area contributed by atoms with E-state index in [-0.39, 0.29) is 104 Å². The van der Waals surface area contributed by atoms with E-state index in [2.05, 4.69) is 72.9 Å². The van der Waals surface area contributed by atoms with E-state index in [0.29, 0.717) is 77.0 Å². The summed E-state index contributed by atoms with van der Waals surface area (Å²) in [5, 5.41) is 16.2. The van der Waals surface area contributed by atoms with Crippen LogP contribution < -0.4 is 22.3 Å². The summed E-state index contributed by atoms with van der Waals surface area (Å²) in [4.78, 5) is 143. The fourth-order valence-corrected chi connectivity index (χ4v) is 25.0. The number of carboxylic acid groups (broad SMARTS) is 1. The van der Waals surface area contributed by atoms with E-state index in [1.165, 1.54) is 14.2 Å². The molecule has 118 heavy (non-hydrogen) atoms.